The normalized spacial score (nSPS) is 18.9. The van der Waals surface area contributed by atoms with Crippen molar-refractivity contribution in [1.29, 1.82) is 0 Å². The summed E-state index contributed by atoms with van der Waals surface area (Å²) >= 11 is 0. The fourth-order valence-electron chi connectivity index (χ4n) is 3.09. The highest BCUT2D eigenvalue weighted by Crippen LogP contribution is 2.27. The summed E-state index contributed by atoms with van der Waals surface area (Å²) in [5, 5.41) is 0. The lowest BCUT2D eigenvalue weighted by molar-refractivity contribution is -0.137. The molecule has 0 N–H and O–H groups in total. The van der Waals surface area contributed by atoms with Crippen molar-refractivity contribution in [3.8, 4) is 5.75 Å². The first kappa shape index (κ1) is 17.4. The van der Waals surface area contributed by atoms with Crippen LogP contribution in [0.3, 0.4) is 0 Å². The molecule has 134 valence electrons. The first-order chi connectivity index (χ1) is 11.8. The van der Waals surface area contributed by atoms with Crippen molar-refractivity contribution >= 4 is 28.0 Å². The van der Waals surface area contributed by atoms with Crippen LogP contribution in [0.4, 0.5) is 9.57 Å². The average Bonchev–Trinajstić information content (AvgIpc) is 2.86. The number of anilines is 1. The molecule has 0 radical (unpaired) electrons. The molecule has 2 aliphatic rings. The average molecular weight is 368 g/mol. The van der Waals surface area contributed by atoms with Gasteiger partial charge in [-0.3, -0.25) is 14.5 Å². The molecular formula is C16H17FN2O5S. The number of hydrogen-bond acceptors (Lipinski definition) is 6. The Balaban J connectivity index is 1.58. The Morgan fingerprint density at radius 2 is 1.76 bits per heavy atom. The lowest BCUT2D eigenvalue weighted by Crippen LogP contribution is -2.40. The zero-order chi connectivity index (χ0) is 18.0. The molecule has 1 saturated heterocycles. The van der Waals surface area contributed by atoms with Gasteiger partial charge in [0.1, 0.15) is 5.75 Å². The zero-order valence-electron chi connectivity index (χ0n) is 13.3. The second-order valence-corrected chi connectivity index (χ2v) is 6.98. The smallest absolute Gasteiger partial charge is 0.371 e. The van der Waals surface area contributed by atoms with Crippen LogP contribution in [0.5, 0.6) is 5.75 Å². The van der Waals surface area contributed by atoms with Crippen LogP contribution >= 0.6 is 0 Å². The number of benzene rings is 1. The minimum absolute atomic E-state index is 0.0820. The summed E-state index contributed by atoms with van der Waals surface area (Å²) in [6.07, 6.45) is 4.12. The largest absolute Gasteiger partial charge is 0.488 e. The molecule has 9 heteroatoms. The molecule has 0 bridgehead atoms. The number of imide groups is 1. The van der Waals surface area contributed by atoms with Gasteiger partial charge in [-0.15, -0.1) is 0 Å². The lowest BCUT2D eigenvalue weighted by Gasteiger charge is -2.34. The molecule has 2 heterocycles. The highest BCUT2D eigenvalue weighted by Gasteiger charge is 2.28. The molecule has 0 aliphatic carbocycles. The Labute approximate surface area is 145 Å². The Hall–Kier alpha value is -2.42. The van der Waals surface area contributed by atoms with E-state index in [-0.39, 0.29) is 23.5 Å². The molecule has 2 aliphatic heterocycles. The predicted octanol–water partition coefficient (Wildman–Crippen LogP) is 1.42. The first-order valence-corrected chi connectivity index (χ1v) is 9.15. The van der Waals surface area contributed by atoms with Crippen molar-refractivity contribution in [1.82, 2.24) is 4.90 Å². The van der Waals surface area contributed by atoms with E-state index in [0.29, 0.717) is 19.6 Å². The van der Waals surface area contributed by atoms with Gasteiger partial charge in [0.2, 0.25) is 0 Å². The fraction of sp³-hybridized carbons (Fsp3) is 0.375. The van der Waals surface area contributed by atoms with Crippen LogP contribution < -0.4 is 9.08 Å². The maximum Gasteiger partial charge on any atom is 0.488 e. The van der Waals surface area contributed by atoms with Gasteiger partial charge in [0.15, 0.2) is 0 Å². The van der Waals surface area contributed by atoms with Crippen LogP contribution in [-0.4, -0.2) is 44.8 Å². The van der Waals surface area contributed by atoms with Gasteiger partial charge in [0, 0.05) is 43.5 Å². The number of nitrogens with zero attached hydrogens (tertiary/aromatic N) is 2. The van der Waals surface area contributed by atoms with Crippen LogP contribution in [0.1, 0.15) is 12.8 Å². The van der Waals surface area contributed by atoms with Gasteiger partial charge in [-0.25, -0.2) is 0 Å². The van der Waals surface area contributed by atoms with E-state index in [1.165, 1.54) is 29.2 Å². The lowest BCUT2D eigenvalue weighted by atomic mass is 9.95. The van der Waals surface area contributed by atoms with Crippen LogP contribution in [-0.2, 0) is 20.1 Å². The maximum atomic E-state index is 12.6. The number of hydrogen-bond donors (Lipinski definition) is 0. The van der Waals surface area contributed by atoms with E-state index in [1.807, 2.05) is 4.90 Å². The maximum absolute atomic E-state index is 12.6. The Bertz CT molecular complexity index is 798. The second-order valence-electron chi connectivity index (χ2n) is 6.02. The zero-order valence-corrected chi connectivity index (χ0v) is 14.1. The van der Waals surface area contributed by atoms with Crippen molar-refractivity contribution < 1.29 is 26.1 Å². The van der Waals surface area contributed by atoms with Crippen LogP contribution in [0.25, 0.3) is 0 Å². The van der Waals surface area contributed by atoms with Crippen LogP contribution in [0.15, 0.2) is 36.4 Å². The molecule has 1 fully saturated rings. The number of rotatable bonds is 5. The minimum atomic E-state index is -5.05. The molecule has 1 aromatic rings. The predicted molar refractivity (Wildman–Crippen MR) is 87.9 cm³/mol. The molecule has 0 spiro atoms. The summed E-state index contributed by atoms with van der Waals surface area (Å²) in [6, 6.07) is 6.21. The monoisotopic (exact) mass is 368 g/mol. The van der Waals surface area contributed by atoms with E-state index < -0.39 is 10.5 Å². The van der Waals surface area contributed by atoms with Gasteiger partial charge in [0.05, 0.1) is 0 Å². The summed E-state index contributed by atoms with van der Waals surface area (Å²) in [5.74, 6) is -0.411. The second kappa shape index (κ2) is 6.83. The third-order valence-corrected chi connectivity index (χ3v) is 4.73. The van der Waals surface area contributed by atoms with Gasteiger partial charge >= 0.3 is 10.5 Å². The van der Waals surface area contributed by atoms with E-state index in [4.69, 9.17) is 0 Å². The summed E-state index contributed by atoms with van der Waals surface area (Å²) in [7, 11) is -5.05. The Morgan fingerprint density at radius 1 is 1.12 bits per heavy atom. The van der Waals surface area contributed by atoms with Gasteiger partial charge in [-0.05, 0) is 30.9 Å². The van der Waals surface area contributed by atoms with Gasteiger partial charge in [0.25, 0.3) is 11.8 Å². The molecule has 7 nitrogen and oxygen atoms in total. The number of halogens is 1. The van der Waals surface area contributed by atoms with Crippen molar-refractivity contribution in [3.05, 3.63) is 36.4 Å². The highest BCUT2D eigenvalue weighted by atomic mass is 32.3. The molecule has 25 heavy (non-hydrogen) atoms. The fourth-order valence-corrected chi connectivity index (χ4v) is 3.42. The summed E-state index contributed by atoms with van der Waals surface area (Å²) < 4.78 is 38.0. The van der Waals surface area contributed by atoms with Crippen molar-refractivity contribution in [2.75, 3.05) is 24.5 Å². The number of piperidine rings is 1. The van der Waals surface area contributed by atoms with E-state index in [9.17, 15) is 21.9 Å². The molecule has 2 amide bonds. The van der Waals surface area contributed by atoms with E-state index >= 15 is 0 Å². The van der Waals surface area contributed by atoms with Gasteiger partial charge in [-0.1, -0.05) is 9.95 Å². The van der Waals surface area contributed by atoms with Crippen molar-refractivity contribution in [3.63, 3.8) is 0 Å². The molecular weight excluding hydrogens is 351 g/mol. The van der Waals surface area contributed by atoms with Crippen LogP contribution in [0.2, 0.25) is 0 Å². The quantitative estimate of drug-likeness (QED) is 0.577. The highest BCUT2D eigenvalue weighted by molar-refractivity contribution is 7.81. The van der Waals surface area contributed by atoms with Crippen LogP contribution in [0, 0.1) is 5.92 Å². The topological polar surface area (TPSA) is 84.0 Å². The molecule has 0 saturated carbocycles. The molecule has 0 aromatic heterocycles. The van der Waals surface area contributed by atoms with E-state index in [1.54, 1.807) is 12.1 Å². The number of amides is 2. The van der Waals surface area contributed by atoms with E-state index in [2.05, 4.69) is 4.18 Å². The molecule has 0 unspecified atom stereocenters. The first-order valence-electron chi connectivity index (χ1n) is 7.84. The molecule has 1 aromatic carbocycles. The van der Waals surface area contributed by atoms with Gasteiger partial charge in [-0.2, -0.15) is 8.42 Å². The Kier molecular flexibility index (Phi) is 4.76. The molecule has 0 atom stereocenters. The number of carbonyl (C=O) groups excluding carboxylic acids is 2. The Morgan fingerprint density at radius 3 is 2.36 bits per heavy atom. The number of carbonyl (C=O) groups is 2. The summed E-state index contributed by atoms with van der Waals surface area (Å²) in [6.45, 7) is 1.77. The SMILES string of the molecule is O=C1C=CC(=O)N1CC1CCN(c2cccc(OS(=O)(=O)F)c2)CC1. The van der Waals surface area contributed by atoms with E-state index in [0.717, 1.165) is 18.5 Å². The molecule has 3 rings (SSSR count). The third kappa shape index (κ3) is 4.36. The summed E-state index contributed by atoms with van der Waals surface area (Å²) in [4.78, 5) is 26.5. The third-order valence-electron chi connectivity index (χ3n) is 4.33. The summed E-state index contributed by atoms with van der Waals surface area (Å²) in [5.41, 5.74) is 0.731. The van der Waals surface area contributed by atoms with Crippen molar-refractivity contribution in [2.45, 2.75) is 12.8 Å². The van der Waals surface area contributed by atoms with Crippen molar-refractivity contribution in [2.24, 2.45) is 5.92 Å². The standard InChI is InChI=1S/C16H17FN2O5S/c17-25(22,23)24-14-3-1-2-13(10-14)18-8-6-12(7-9-18)11-19-15(20)4-5-16(19)21/h1-5,10,12H,6-9,11H2. The van der Waals surface area contributed by atoms with Gasteiger partial charge < -0.3 is 9.08 Å². The minimum Gasteiger partial charge on any atom is -0.371 e.